The van der Waals surface area contributed by atoms with Crippen LogP contribution in [0, 0.1) is 0 Å². The molecule has 68 valence electrons. The Hall–Kier alpha value is -1.31. The highest BCUT2D eigenvalue weighted by molar-refractivity contribution is 5.93. The van der Waals surface area contributed by atoms with E-state index in [1.54, 1.807) is 0 Å². The Balaban J connectivity index is 2.36. The minimum Gasteiger partial charge on any atom is -0.453 e. The normalized spacial score (nSPS) is 14.2. The third-order valence-electron chi connectivity index (χ3n) is 2.29. The van der Waals surface area contributed by atoms with Gasteiger partial charge in [0.15, 0.2) is 11.5 Å². The average molecular weight is 176 g/mol. The zero-order valence-electron chi connectivity index (χ0n) is 7.67. The van der Waals surface area contributed by atoms with Crippen molar-refractivity contribution in [2.45, 2.75) is 26.2 Å². The van der Waals surface area contributed by atoms with Gasteiger partial charge in [0.1, 0.15) is 5.76 Å². The lowest BCUT2D eigenvalue weighted by Gasteiger charge is -1.99. The van der Waals surface area contributed by atoms with Crippen molar-refractivity contribution in [2.24, 2.45) is 0 Å². The van der Waals surface area contributed by atoms with Crippen molar-refractivity contribution in [3.8, 4) is 0 Å². The van der Waals surface area contributed by atoms with Crippen molar-refractivity contribution in [3.05, 3.63) is 29.2 Å². The van der Waals surface area contributed by atoms with E-state index in [1.165, 1.54) is 5.56 Å². The van der Waals surface area contributed by atoms with Gasteiger partial charge in [-0.15, -0.1) is 0 Å². The van der Waals surface area contributed by atoms with Crippen molar-refractivity contribution in [1.29, 1.82) is 0 Å². The first-order chi connectivity index (χ1) is 6.31. The van der Waals surface area contributed by atoms with E-state index < -0.39 is 0 Å². The molecule has 0 saturated carbocycles. The topological polar surface area (TPSA) is 30.2 Å². The fraction of sp³-hybridized carbons (Fsp3) is 0.364. The molecule has 1 aromatic rings. The molecular weight excluding hydrogens is 164 g/mol. The second-order valence-electron chi connectivity index (χ2n) is 3.22. The molecule has 0 saturated heterocycles. The Morgan fingerprint density at radius 3 is 3.15 bits per heavy atom. The maximum atomic E-state index is 11.3. The standard InChI is InChI=1S/C11H12O2/c1-2-9(12)11-7-8-5-3-4-6-10(8)13-11/h4,6-7H,2-3,5H2,1H3. The molecule has 0 aromatic carbocycles. The quantitative estimate of drug-likeness (QED) is 0.648. The molecule has 0 fully saturated rings. The van der Waals surface area contributed by atoms with Crippen LogP contribution in [0.1, 0.15) is 41.6 Å². The molecule has 0 N–H and O–H groups in total. The molecule has 0 aliphatic heterocycles. The van der Waals surface area contributed by atoms with E-state index in [2.05, 4.69) is 6.08 Å². The van der Waals surface area contributed by atoms with Crippen LogP contribution in [0.25, 0.3) is 6.08 Å². The van der Waals surface area contributed by atoms with Crippen LogP contribution >= 0.6 is 0 Å². The van der Waals surface area contributed by atoms with Crippen LogP contribution in [0.15, 0.2) is 16.6 Å². The first kappa shape index (κ1) is 8.30. The summed E-state index contributed by atoms with van der Waals surface area (Å²) in [5.74, 6) is 1.46. The predicted octanol–water partition coefficient (Wildman–Crippen LogP) is 2.83. The summed E-state index contributed by atoms with van der Waals surface area (Å²) >= 11 is 0. The van der Waals surface area contributed by atoms with Gasteiger partial charge < -0.3 is 4.42 Å². The second-order valence-corrected chi connectivity index (χ2v) is 3.22. The van der Waals surface area contributed by atoms with Gasteiger partial charge in [0.2, 0.25) is 0 Å². The molecule has 2 heteroatoms. The van der Waals surface area contributed by atoms with E-state index in [9.17, 15) is 4.79 Å². The van der Waals surface area contributed by atoms with E-state index in [0.717, 1.165) is 18.6 Å². The molecule has 0 radical (unpaired) electrons. The molecule has 1 aliphatic rings. The Kier molecular flexibility index (Phi) is 2.05. The predicted molar refractivity (Wildman–Crippen MR) is 50.7 cm³/mol. The molecule has 2 nitrogen and oxygen atoms in total. The lowest BCUT2D eigenvalue weighted by atomic mass is 10.0. The number of carbonyl (C=O) groups excluding carboxylic acids is 1. The smallest absolute Gasteiger partial charge is 0.197 e. The number of fused-ring (bicyclic) bond motifs is 1. The summed E-state index contributed by atoms with van der Waals surface area (Å²) in [5, 5.41) is 0. The van der Waals surface area contributed by atoms with Crippen molar-refractivity contribution in [2.75, 3.05) is 0 Å². The zero-order chi connectivity index (χ0) is 9.26. The van der Waals surface area contributed by atoms with E-state index in [4.69, 9.17) is 4.42 Å². The van der Waals surface area contributed by atoms with Gasteiger partial charge >= 0.3 is 0 Å². The summed E-state index contributed by atoms with van der Waals surface area (Å²) in [6.07, 6.45) is 6.58. The Morgan fingerprint density at radius 2 is 2.46 bits per heavy atom. The van der Waals surface area contributed by atoms with E-state index in [0.29, 0.717) is 12.2 Å². The maximum absolute atomic E-state index is 11.3. The van der Waals surface area contributed by atoms with Crippen LogP contribution in [0.3, 0.4) is 0 Å². The number of rotatable bonds is 2. The van der Waals surface area contributed by atoms with Crippen molar-refractivity contribution in [3.63, 3.8) is 0 Å². The number of ketones is 1. The van der Waals surface area contributed by atoms with Crippen LogP contribution in [0.5, 0.6) is 0 Å². The number of Topliss-reactive ketones (excluding diaryl/α,β-unsaturated/α-hetero) is 1. The molecule has 2 rings (SSSR count). The zero-order valence-corrected chi connectivity index (χ0v) is 7.67. The van der Waals surface area contributed by atoms with Gasteiger partial charge in [-0.3, -0.25) is 4.79 Å². The molecule has 0 amide bonds. The Bertz CT molecular complexity index is 358. The highest BCUT2D eigenvalue weighted by Crippen LogP contribution is 2.23. The van der Waals surface area contributed by atoms with Crippen molar-refractivity contribution in [1.82, 2.24) is 0 Å². The minimum absolute atomic E-state index is 0.0859. The third-order valence-corrected chi connectivity index (χ3v) is 2.29. The number of aryl methyl sites for hydroxylation is 1. The SMILES string of the molecule is CCC(=O)c1cc2c(o1)C=CCC2. The van der Waals surface area contributed by atoms with E-state index in [-0.39, 0.29) is 5.78 Å². The highest BCUT2D eigenvalue weighted by Gasteiger charge is 2.14. The Morgan fingerprint density at radius 1 is 1.62 bits per heavy atom. The fourth-order valence-electron chi connectivity index (χ4n) is 1.52. The summed E-state index contributed by atoms with van der Waals surface area (Å²) in [4.78, 5) is 11.3. The van der Waals surface area contributed by atoms with Crippen LogP contribution in [-0.2, 0) is 6.42 Å². The highest BCUT2D eigenvalue weighted by atomic mass is 16.3. The van der Waals surface area contributed by atoms with E-state index >= 15 is 0 Å². The average Bonchev–Trinajstić information content (AvgIpc) is 2.59. The van der Waals surface area contributed by atoms with E-state index in [1.807, 2.05) is 19.1 Å². The van der Waals surface area contributed by atoms with Crippen LogP contribution in [0.4, 0.5) is 0 Å². The van der Waals surface area contributed by atoms with Crippen LogP contribution < -0.4 is 0 Å². The molecule has 0 atom stereocenters. The molecule has 0 spiro atoms. The van der Waals surface area contributed by atoms with Gasteiger partial charge in [-0.05, 0) is 30.5 Å². The first-order valence-electron chi connectivity index (χ1n) is 4.63. The lowest BCUT2D eigenvalue weighted by molar-refractivity contribution is 0.0961. The van der Waals surface area contributed by atoms with Gasteiger partial charge in [-0.25, -0.2) is 0 Å². The number of hydrogen-bond donors (Lipinski definition) is 0. The lowest BCUT2D eigenvalue weighted by Crippen LogP contribution is -1.92. The molecule has 0 bridgehead atoms. The fourth-order valence-corrected chi connectivity index (χ4v) is 1.52. The summed E-state index contributed by atoms with van der Waals surface area (Å²) in [5.41, 5.74) is 1.17. The summed E-state index contributed by atoms with van der Waals surface area (Å²) in [6.45, 7) is 1.85. The number of furan rings is 1. The maximum Gasteiger partial charge on any atom is 0.197 e. The van der Waals surface area contributed by atoms with Crippen molar-refractivity contribution >= 4 is 11.9 Å². The van der Waals surface area contributed by atoms with Crippen LogP contribution in [0.2, 0.25) is 0 Å². The molecule has 13 heavy (non-hydrogen) atoms. The number of hydrogen-bond acceptors (Lipinski definition) is 2. The van der Waals surface area contributed by atoms with Gasteiger partial charge in [0, 0.05) is 6.42 Å². The van der Waals surface area contributed by atoms with Crippen molar-refractivity contribution < 1.29 is 9.21 Å². The van der Waals surface area contributed by atoms with Gasteiger partial charge in [-0.1, -0.05) is 13.0 Å². The number of carbonyl (C=O) groups is 1. The van der Waals surface area contributed by atoms with Gasteiger partial charge in [0.05, 0.1) is 0 Å². The largest absolute Gasteiger partial charge is 0.453 e. The Labute approximate surface area is 77.2 Å². The molecule has 1 aliphatic carbocycles. The monoisotopic (exact) mass is 176 g/mol. The molecular formula is C11H12O2. The molecule has 1 aromatic heterocycles. The summed E-state index contributed by atoms with van der Waals surface area (Å²) in [7, 11) is 0. The van der Waals surface area contributed by atoms with Gasteiger partial charge in [0.25, 0.3) is 0 Å². The number of allylic oxidation sites excluding steroid dienone is 1. The summed E-state index contributed by atoms with van der Waals surface area (Å²) < 4.78 is 5.42. The summed E-state index contributed by atoms with van der Waals surface area (Å²) in [6, 6.07) is 1.88. The van der Waals surface area contributed by atoms with Crippen LogP contribution in [-0.4, -0.2) is 5.78 Å². The minimum atomic E-state index is 0.0859. The second kappa shape index (κ2) is 3.21. The first-order valence-corrected chi connectivity index (χ1v) is 4.63. The molecule has 1 heterocycles. The van der Waals surface area contributed by atoms with Gasteiger partial charge in [-0.2, -0.15) is 0 Å². The third kappa shape index (κ3) is 1.44. The molecule has 0 unspecified atom stereocenters.